The Morgan fingerprint density at radius 1 is 1.56 bits per heavy atom. The number of benzene rings is 1. The molecule has 1 saturated heterocycles. The van der Waals surface area contributed by atoms with E-state index in [9.17, 15) is 0 Å². The van der Waals surface area contributed by atoms with E-state index in [4.69, 9.17) is 5.73 Å². The average molecular weight is 329 g/mol. The molecule has 1 aliphatic rings. The fourth-order valence-corrected chi connectivity index (χ4v) is 3.83. The van der Waals surface area contributed by atoms with Gasteiger partial charge in [-0.3, -0.25) is 0 Å². The summed E-state index contributed by atoms with van der Waals surface area (Å²) in [6.45, 7) is 6.65. The molecular weight excluding hydrogens is 308 g/mol. The lowest BCUT2D eigenvalue weighted by molar-refractivity contribution is 0.724. The Hall–Kier alpha value is -0.190. The van der Waals surface area contributed by atoms with E-state index >= 15 is 0 Å². The summed E-state index contributed by atoms with van der Waals surface area (Å²) in [5.41, 5.74) is 8.69. The molecule has 100 valence electrons. The topological polar surface area (TPSA) is 29.3 Å². The molecule has 1 aromatic carbocycles. The average Bonchev–Trinajstić information content (AvgIpc) is 2.28. The van der Waals surface area contributed by atoms with E-state index in [2.05, 4.69) is 64.6 Å². The van der Waals surface area contributed by atoms with Gasteiger partial charge in [-0.15, -0.1) is 0 Å². The van der Waals surface area contributed by atoms with Crippen LogP contribution in [0.15, 0.2) is 22.7 Å². The van der Waals surface area contributed by atoms with Crippen LogP contribution >= 0.6 is 27.7 Å². The first-order valence-electron chi connectivity index (χ1n) is 6.47. The second-order valence-electron chi connectivity index (χ2n) is 5.08. The van der Waals surface area contributed by atoms with E-state index in [1.54, 1.807) is 0 Å². The van der Waals surface area contributed by atoms with E-state index in [-0.39, 0.29) is 6.04 Å². The second kappa shape index (κ2) is 6.31. The third kappa shape index (κ3) is 3.65. The minimum absolute atomic E-state index is 0.203. The van der Waals surface area contributed by atoms with Crippen LogP contribution in [0.3, 0.4) is 0 Å². The zero-order chi connectivity index (χ0) is 13.1. The van der Waals surface area contributed by atoms with Crippen molar-refractivity contribution < 1.29 is 0 Å². The smallest absolute Gasteiger partial charge is 0.0400 e. The third-order valence-corrected chi connectivity index (χ3v) is 4.79. The number of hydrogen-bond acceptors (Lipinski definition) is 3. The number of nitrogens with two attached hydrogens (primary N) is 1. The van der Waals surface area contributed by atoms with Crippen LogP contribution in [0.5, 0.6) is 0 Å². The van der Waals surface area contributed by atoms with Gasteiger partial charge < -0.3 is 10.6 Å². The Bertz CT molecular complexity index is 409. The van der Waals surface area contributed by atoms with Crippen molar-refractivity contribution in [2.45, 2.75) is 31.6 Å². The molecule has 1 aliphatic heterocycles. The van der Waals surface area contributed by atoms with Gasteiger partial charge in [0, 0.05) is 40.3 Å². The minimum atomic E-state index is 0.203. The van der Waals surface area contributed by atoms with Gasteiger partial charge in [-0.25, -0.2) is 0 Å². The molecule has 2 rings (SSSR count). The molecule has 1 heterocycles. The molecule has 2 atom stereocenters. The third-order valence-electron chi connectivity index (χ3n) is 3.17. The van der Waals surface area contributed by atoms with Crippen molar-refractivity contribution in [3.05, 3.63) is 28.2 Å². The van der Waals surface area contributed by atoms with E-state index in [0.717, 1.165) is 24.0 Å². The number of thioether (sulfide) groups is 1. The highest BCUT2D eigenvalue weighted by Gasteiger charge is 2.19. The molecule has 2 unspecified atom stereocenters. The Labute approximate surface area is 122 Å². The number of anilines is 1. The van der Waals surface area contributed by atoms with Crippen molar-refractivity contribution in [3.8, 4) is 0 Å². The standard InChI is InChI=1S/C14H21BrN2S/c1-10(16)7-12-8-13(15)3-4-14(12)17-5-6-18-11(2)9-17/h3-4,8,10-11H,5-7,9,16H2,1-2H3. The SMILES string of the molecule is CC(N)Cc1cc(Br)ccc1N1CCSC(C)C1. The maximum atomic E-state index is 5.96. The van der Waals surface area contributed by atoms with Crippen molar-refractivity contribution in [2.75, 3.05) is 23.7 Å². The van der Waals surface area contributed by atoms with Crippen LogP contribution in [0.2, 0.25) is 0 Å². The van der Waals surface area contributed by atoms with Gasteiger partial charge in [-0.1, -0.05) is 22.9 Å². The second-order valence-corrected chi connectivity index (χ2v) is 7.54. The Morgan fingerprint density at radius 2 is 2.33 bits per heavy atom. The van der Waals surface area contributed by atoms with Crippen LogP contribution in [0.4, 0.5) is 5.69 Å². The Morgan fingerprint density at radius 3 is 3.00 bits per heavy atom. The summed E-state index contributed by atoms with van der Waals surface area (Å²) in [6, 6.07) is 6.77. The lowest BCUT2D eigenvalue weighted by Crippen LogP contribution is -2.37. The van der Waals surface area contributed by atoms with Crippen molar-refractivity contribution in [3.63, 3.8) is 0 Å². The lowest BCUT2D eigenvalue weighted by atomic mass is 10.0. The van der Waals surface area contributed by atoms with Crippen LogP contribution in [0, 0.1) is 0 Å². The Balaban J connectivity index is 2.25. The van der Waals surface area contributed by atoms with Gasteiger partial charge in [0.25, 0.3) is 0 Å². The highest BCUT2D eigenvalue weighted by Crippen LogP contribution is 2.29. The molecule has 1 fully saturated rings. The molecule has 4 heteroatoms. The molecule has 0 radical (unpaired) electrons. The molecule has 0 aromatic heterocycles. The molecule has 0 aliphatic carbocycles. The fourth-order valence-electron chi connectivity index (χ4n) is 2.41. The van der Waals surface area contributed by atoms with Crippen molar-refractivity contribution >= 4 is 33.4 Å². The predicted molar refractivity (Wildman–Crippen MR) is 85.6 cm³/mol. The van der Waals surface area contributed by atoms with Crippen LogP contribution in [0.1, 0.15) is 19.4 Å². The van der Waals surface area contributed by atoms with Crippen LogP contribution < -0.4 is 10.6 Å². The van der Waals surface area contributed by atoms with Gasteiger partial charge in [0.15, 0.2) is 0 Å². The quantitative estimate of drug-likeness (QED) is 0.923. The summed E-state index contributed by atoms with van der Waals surface area (Å²) in [7, 11) is 0. The molecular formula is C14H21BrN2S. The van der Waals surface area contributed by atoms with Crippen LogP contribution in [0.25, 0.3) is 0 Å². The fraction of sp³-hybridized carbons (Fsp3) is 0.571. The van der Waals surface area contributed by atoms with Gasteiger partial charge in [-0.05, 0) is 37.1 Å². The molecule has 0 spiro atoms. The molecule has 0 saturated carbocycles. The summed E-state index contributed by atoms with van der Waals surface area (Å²) >= 11 is 5.62. The summed E-state index contributed by atoms with van der Waals surface area (Å²) in [5, 5.41) is 0.713. The number of nitrogens with zero attached hydrogens (tertiary/aromatic N) is 1. The van der Waals surface area contributed by atoms with E-state index < -0.39 is 0 Å². The monoisotopic (exact) mass is 328 g/mol. The van der Waals surface area contributed by atoms with Gasteiger partial charge in [0.1, 0.15) is 0 Å². The molecule has 0 bridgehead atoms. The summed E-state index contributed by atoms with van der Waals surface area (Å²) < 4.78 is 1.14. The maximum absolute atomic E-state index is 5.96. The summed E-state index contributed by atoms with van der Waals surface area (Å²) in [5.74, 6) is 1.22. The number of hydrogen-bond donors (Lipinski definition) is 1. The predicted octanol–water partition coefficient (Wildman–Crippen LogP) is 3.28. The first-order chi connectivity index (χ1) is 8.56. The van der Waals surface area contributed by atoms with Crippen molar-refractivity contribution in [2.24, 2.45) is 5.73 Å². The molecule has 2 nitrogen and oxygen atoms in total. The largest absolute Gasteiger partial charge is 0.369 e. The van der Waals surface area contributed by atoms with E-state index in [1.165, 1.54) is 17.0 Å². The molecule has 18 heavy (non-hydrogen) atoms. The van der Waals surface area contributed by atoms with Crippen LogP contribution in [-0.2, 0) is 6.42 Å². The van der Waals surface area contributed by atoms with E-state index in [1.807, 2.05) is 0 Å². The van der Waals surface area contributed by atoms with Gasteiger partial charge >= 0.3 is 0 Å². The van der Waals surface area contributed by atoms with Crippen molar-refractivity contribution in [1.29, 1.82) is 0 Å². The number of halogens is 1. The summed E-state index contributed by atoms with van der Waals surface area (Å²) in [4.78, 5) is 2.51. The molecule has 1 aromatic rings. The molecule has 2 N–H and O–H groups in total. The molecule has 0 amide bonds. The maximum Gasteiger partial charge on any atom is 0.0400 e. The highest BCUT2D eigenvalue weighted by molar-refractivity contribution is 9.10. The zero-order valence-corrected chi connectivity index (χ0v) is 13.4. The van der Waals surface area contributed by atoms with E-state index in [0.29, 0.717) is 5.25 Å². The first-order valence-corrected chi connectivity index (χ1v) is 8.31. The van der Waals surface area contributed by atoms with Gasteiger partial charge in [-0.2, -0.15) is 11.8 Å². The van der Waals surface area contributed by atoms with Gasteiger partial charge in [0.2, 0.25) is 0 Å². The Kier molecular flexibility index (Phi) is 4.98. The van der Waals surface area contributed by atoms with Crippen molar-refractivity contribution in [1.82, 2.24) is 0 Å². The lowest BCUT2D eigenvalue weighted by Gasteiger charge is -2.34. The zero-order valence-electron chi connectivity index (χ0n) is 11.0. The normalized spacial score (nSPS) is 22.0. The first kappa shape index (κ1) is 14.2. The van der Waals surface area contributed by atoms with Crippen LogP contribution in [-0.4, -0.2) is 30.1 Å². The number of rotatable bonds is 3. The summed E-state index contributed by atoms with van der Waals surface area (Å²) in [6.07, 6.45) is 0.937. The minimum Gasteiger partial charge on any atom is -0.369 e. The highest BCUT2D eigenvalue weighted by atomic mass is 79.9. The van der Waals surface area contributed by atoms with Gasteiger partial charge in [0.05, 0.1) is 0 Å².